The van der Waals surface area contributed by atoms with Gasteiger partial charge in [-0.05, 0) is 24.1 Å². The molecule has 1 aromatic heterocycles. The van der Waals surface area contributed by atoms with Gasteiger partial charge >= 0.3 is 0 Å². The minimum atomic E-state index is -0.494. The van der Waals surface area contributed by atoms with Crippen LogP contribution in [-0.2, 0) is 0 Å². The van der Waals surface area contributed by atoms with Crippen molar-refractivity contribution in [1.29, 1.82) is 0 Å². The molecule has 2 nitrogen and oxygen atoms in total. The van der Waals surface area contributed by atoms with Crippen molar-refractivity contribution in [2.75, 3.05) is 0 Å². The molecule has 3 heteroatoms. The maximum Gasteiger partial charge on any atom is 0.213 e. The minimum Gasteiger partial charge on any atom is -0.324 e. The molecule has 0 amide bonds. The van der Waals surface area contributed by atoms with Gasteiger partial charge in [0.2, 0.25) is 5.95 Å². The highest BCUT2D eigenvalue weighted by Gasteiger charge is 2.04. The van der Waals surface area contributed by atoms with Crippen molar-refractivity contribution in [3.8, 4) is 0 Å². The lowest BCUT2D eigenvalue weighted by molar-refractivity contribution is 0.577. The van der Waals surface area contributed by atoms with Crippen LogP contribution in [0, 0.1) is 5.95 Å². The second kappa shape index (κ2) is 3.97. The fraction of sp³-hybridized carbons (Fsp3) is 0.222. The number of nitrogens with zero attached hydrogens (tertiary/aromatic N) is 1. The second-order valence-corrected chi connectivity index (χ2v) is 2.54. The Morgan fingerprint density at radius 2 is 2.50 bits per heavy atom. The third kappa shape index (κ3) is 2.13. The number of nitrogens with two attached hydrogens (primary N) is 1. The van der Waals surface area contributed by atoms with Crippen LogP contribution in [0.5, 0.6) is 0 Å². The van der Waals surface area contributed by atoms with E-state index in [1.807, 2.05) is 0 Å². The van der Waals surface area contributed by atoms with Gasteiger partial charge in [0.25, 0.3) is 0 Å². The number of pyridine rings is 1. The van der Waals surface area contributed by atoms with Crippen LogP contribution >= 0.6 is 0 Å². The number of hydrogen-bond donors (Lipinski definition) is 1. The smallest absolute Gasteiger partial charge is 0.213 e. The van der Waals surface area contributed by atoms with Crippen molar-refractivity contribution in [2.45, 2.75) is 12.5 Å². The molecule has 0 aromatic carbocycles. The summed E-state index contributed by atoms with van der Waals surface area (Å²) in [6, 6.07) is 2.87. The van der Waals surface area contributed by atoms with Gasteiger partial charge in [0.05, 0.1) is 0 Å². The Kier molecular flexibility index (Phi) is 2.94. The molecular weight excluding hydrogens is 155 g/mol. The van der Waals surface area contributed by atoms with Gasteiger partial charge in [-0.15, -0.1) is 6.58 Å². The Bertz CT molecular complexity index is 273. The van der Waals surface area contributed by atoms with E-state index in [1.54, 1.807) is 12.1 Å². The summed E-state index contributed by atoms with van der Waals surface area (Å²) in [5, 5.41) is 0. The van der Waals surface area contributed by atoms with Gasteiger partial charge < -0.3 is 5.73 Å². The highest BCUT2D eigenvalue weighted by atomic mass is 19.1. The molecule has 0 saturated carbocycles. The zero-order valence-electron chi connectivity index (χ0n) is 6.70. The summed E-state index contributed by atoms with van der Waals surface area (Å²) in [5.74, 6) is -0.494. The van der Waals surface area contributed by atoms with E-state index in [-0.39, 0.29) is 6.04 Å². The highest BCUT2D eigenvalue weighted by molar-refractivity contribution is 5.15. The molecule has 0 aliphatic heterocycles. The molecular formula is C9H11FN2. The molecule has 0 fully saturated rings. The Labute approximate surface area is 70.9 Å². The number of hydrogen-bond acceptors (Lipinski definition) is 2. The van der Waals surface area contributed by atoms with E-state index < -0.39 is 5.95 Å². The maximum atomic E-state index is 12.6. The molecule has 2 N–H and O–H groups in total. The molecule has 0 spiro atoms. The van der Waals surface area contributed by atoms with Gasteiger partial charge in [0, 0.05) is 12.2 Å². The fourth-order valence-corrected chi connectivity index (χ4v) is 0.964. The molecule has 1 atom stereocenters. The first-order valence-electron chi connectivity index (χ1n) is 3.72. The SMILES string of the molecule is C=CCC(N)c1ccnc(F)c1. The zero-order valence-corrected chi connectivity index (χ0v) is 6.70. The standard InChI is InChI=1S/C9H11FN2/c1-2-3-8(11)7-4-5-12-9(10)6-7/h2,4-6,8H,1,3,11H2. The topological polar surface area (TPSA) is 38.9 Å². The molecule has 1 unspecified atom stereocenters. The van der Waals surface area contributed by atoms with E-state index in [2.05, 4.69) is 11.6 Å². The summed E-state index contributed by atoms with van der Waals surface area (Å²) in [6.45, 7) is 3.56. The largest absolute Gasteiger partial charge is 0.324 e. The van der Waals surface area contributed by atoms with Crippen LogP contribution in [0.4, 0.5) is 4.39 Å². The molecule has 1 aromatic rings. The van der Waals surface area contributed by atoms with Gasteiger partial charge in [-0.1, -0.05) is 6.08 Å². The zero-order chi connectivity index (χ0) is 8.97. The number of halogens is 1. The summed E-state index contributed by atoms with van der Waals surface area (Å²) in [4.78, 5) is 3.43. The van der Waals surface area contributed by atoms with Crippen molar-refractivity contribution in [3.05, 3.63) is 42.5 Å². The molecule has 0 aliphatic carbocycles. The van der Waals surface area contributed by atoms with E-state index in [4.69, 9.17) is 5.73 Å². The lowest BCUT2D eigenvalue weighted by Gasteiger charge is -2.07. The second-order valence-electron chi connectivity index (χ2n) is 2.54. The third-order valence-corrected chi connectivity index (χ3v) is 1.60. The van der Waals surface area contributed by atoms with Crippen molar-refractivity contribution < 1.29 is 4.39 Å². The van der Waals surface area contributed by atoms with Crippen LogP contribution in [0.3, 0.4) is 0 Å². The van der Waals surface area contributed by atoms with Crippen LogP contribution < -0.4 is 5.73 Å². The van der Waals surface area contributed by atoms with Crippen LogP contribution in [0.25, 0.3) is 0 Å². The van der Waals surface area contributed by atoms with E-state index in [0.717, 1.165) is 5.56 Å². The van der Waals surface area contributed by atoms with E-state index in [9.17, 15) is 4.39 Å². The fourth-order valence-electron chi connectivity index (χ4n) is 0.964. The summed E-state index contributed by atoms with van der Waals surface area (Å²) in [7, 11) is 0. The molecule has 0 bridgehead atoms. The summed E-state index contributed by atoms with van der Waals surface area (Å²) in [6.07, 6.45) is 3.76. The highest BCUT2D eigenvalue weighted by Crippen LogP contribution is 2.13. The third-order valence-electron chi connectivity index (χ3n) is 1.60. The Balaban J connectivity index is 2.80. The monoisotopic (exact) mass is 166 g/mol. The Morgan fingerprint density at radius 1 is 1.75 bits per heavy atom. The Hall–Kier alpha value is -1.22. The molecule has 0 saturated heterocycles. The molecule has 1 rings (SSSR count). The van der Waals surface area contributed by atoms with Crippen molar-refractivity contribution in [2.24, 2.45) is 5.73 Å². The lowest BCUT2D eigenvalue weighted by atomic mass is 10.1. The van der Waals surface area contributed by atoms with Gasteiger partial charge in [-0.25, -0.2) is 4.98 Å². The first-order chi connectivity index (χ1) is 5.74. The first-order valence-corrected chi connectivity index (χ1v) is 3.72. The van der Waals surface area contributed by atoms with E-state index >= 15 is 0 Å². The average Bonchev–Trinajstić information content (AvgIpc) is 2.05. The quantitative estimate of drug-likeness (QED) is 0.549. The molecule has 0 radical (unpaired) electrons. The summed E-state index contributed by atoms with van der Waals surface area (Å²) < 4.78 is 12.6. The summed E-state index contributed by atoms with van der Waals surface area (Å²) in [5.41, 5.74) is 6.46. The Morgan fingerprint density at radius 3 is 3.08 bits per heavy atom. The molecule has 1 heterocycles. The van der Waals surface area contributed by atoms with Crippen molar-refractivity contribution >= 4 is 0 Å². The van der Waals surface area contributed by atoms with E-state index in [0.29, 0.717) is 6.42 Å². The average molecular weight is 166 g/mol. The normalized spacial score (nSPS) is 12.5. The van der Waals surface area contributed by atoms with Gasteiger partial charge in [0.15, 0.2) is 0 Å². The molecule has 0 aliphatic rings. The predicted octanol–water partition coefficient (Wildman–Crippen LogP) is 1.80. The van der Waals surface area contributed by atoms with Gasteiger partial charge in [-0.3, -0.25) is 0 Å². The lowest BCUT2D eigenvalue weighted by Crippen LogP contribution is -2.09. The number of aromatic nitrogens is 1. The van der Waals surface area contributed by atoms with Crippen LogP contribution in [0.2, 0.25) is 0 Å². The molecule has 12 heavy (non-hydrogen) atoms. The van der Waals surface area contributed by atoms with E-state index in [1.165, 1.54) is 12.3 Å². The van der Waals surface area contributed by atoms with Crippen LogP contribution in [0.15, 0.2) is 31.0 Å². The predicted molar refractivity (Wildman–Crippen MR) is 45.9 cm³/mol. The van der Waals surface area contributed by atoms with Gasteiger partial charge in [-0.2, -0.15) is 4.39 Å². The van der Waals surface area contributed by atoms with Crippen molar-refractivity contribution in [3.63, 3.8) is 0 Å². The first kappa shape index (κ1) is 8.87. The van der Waals surface area contributed by atoms with Crippen LogP contribution in [0.1, 0.15) is 18.0 Å². The summed E-state index contributed by atoms with van der Waals surface area (Å²) >= 11 is 0. The van der Waals surface area contributed by atoms with Gasteiger partial charge in [0.1, 0.15) is 0 Å². The molecule has 64 valence electrons. The minimum absolute atomic E-state index is 0.181. The van der Waals surface area contributed by atoms with Crippen LogP contribution in [-0.4, -0.2) is 4.98 Å². The maximum absolute atomic E-state index is 12.6. The van der Waals surface area contributed by atoms with Crippen molar-refractivity contribution in [1.82, 2.24) is 4.98 Å². The number of rotatable bonds is 3.